The minimum absolute atomic E-state index is 0.577. The maximum absolute atomic E-state index is 3.90. The van der Waals surface area contributed by atoms with E-state index in [4.69, 9.17) is 0 Å². The van der Waals surface area contributed by atoms with Crippen LogP contribution in [-0.4, -0.2) is 36.6 Å². The average Bonchev–Trinajstić information content (AvgIpc) is 3.08. The van der Waals surface area contributed by atoms with Crippen molar-refractivity contribution in [2.75, 3.05) is 19.6 Å². The van der Waals surface area contributed by atoms with Gasteiger partial charge in [0.15, 0.2) is 0 Å². The van der Waals surface area contributed by atoms with Gasteiger partial charge in [-0.25, -0.2) is 0 Å². The Morgan fingerprint density at radius 3 is 2.63 bits per heavy atom. The first-order valence-electron chi connectivity index (χ1n) is 8.51. The Morgan fingerprint density at radius 1 is 1.16 bits per heavy atom. The summed E-state index contributed by atoms with van der Waals surface area (Å²) in [7, 11) is 0. The topological polar surface area (TPSA) is 15.3 Å². The summed E-state index contributed by atoms with van der Waals surface area (Å²) in [6, 6.07) is 1.75. The lowest BCUT2D eigenvalue weighted by molar-refractivity contribution is 0.146. The molecule has 3 aliphatic rings. The molecule has 2 saturated carbocycles. The van der Waals surface area contributed by atoms with Crippen molar-refractivity contribution in [1.29, 1.82) is 0 Å². The Balaban J connectivity index is 1.40. The second-order valence-electron chi connectivity index (χ2n) is 8.28. The van der Waals surface area contributed by atoms with Gasteiger partial charge in [-0.1, -0.05) is 20.8 Å². The minimum atomic E-state index is 0.577. The second kappa shape index (κ2) is 5.37. The van der Waals surface area contributed by atoms with Gasteiger partial charge in [0.1, 0.15) is 0 Å². The molecular formula is C17H32N2. The molecule has 1 saturated heterocycles. The third-order valence-electron chi connectivity index (χ3n) is 5.74. The van der Waals surface area contributed by atoms with E-state index < -0.39 is 0 Å². The van der Waals surface area contributed by atoms with Crippen molar-refractivity contribution in [2.24, 2.45) is 17.3 Å². The summed E-state index contributed by atoms with van der Waals surface area (Å²) < 4.78 is 0. The van der Waals surface area contributed by atoms with Gasteiger partial charge in [0.25, 0.3) is 0 Å². The lowest BCUT2D eigenvalue weighted by Crippen LogP contribution is -2.43. The highest BCUT2D eigenvalue weighted by atomic mass is 15.2. The summed E-state index contributed by atoms with van der Waals surface area (Å²) >= 11 is 0. The van der Waals surface area contributed by atoms with Crippen LogP contribution in [0.15, 0.2) is 0 Å². The molecule has 0 spiro atoms. The molecule has 2 nitrogen and oxygen atoms in total. The smallest absolute Gasteiger partial charge is 0.00965 e. The molecule has 1 N–H and O–H groups in total. The average molecular weight is 264 g/mol. The van der Waals surface area contributed by atoms with Crippen molar-refractivity contribution in [3.8, 4) is 0 Å². The lowest BCUT2D eigenvalue weighted by atomic mass is 9.70. The van der Waals surface area contributed by atoms with Crippen LogP contribution in [0.1, 0.15) is 59.3 Å². The lowest BCUT2D eigenvalue weighted by Gasteiger charge is -2.40. The van der Waals surface area contributed by atoms with Crippen LogP contribution in [0, 0.1) is 17.3 Å². The van der Waals surface area contributed by atoms with Crippen LogP contribution < -0.4 is 5.32 Å². The molecule has 0 radical (unpaired) electrons. The monoisotopic (exact) mass is 264 g/mol. The highest BCUT2D eigenvalue weighted by Gasteiger charge is 2.35. The van der Waals surface area contributed by atoms with Gasteiger partial charge in [-0.3, -0.25) is 0 Å². The molecule has 2 heteroatoms. The summed E-state index contributed by atoms with van der Waals surface area (Å²) in [5.74, 6) is 1.77. The number of nitrogens with one attached hydrogen (secondary N) is 1. The van der Waals surface area contributed by atoms with Gasteiger partial charge in [-0.05, 0) is 68.9 Å². The first kappa shape index (κ1) is 13.9. The molecule has 19 heavy (non-hydrogen) atoms. The van der Waals surface area contributed by atoms with Gasteiger partial charge in [0, 0.05) is 18.6 Å². The van der Waals surface area contributed by atoms with Gasteiger partial charge in [-0.15, -0.1) is 0 Å². The first-order chi connectivity index (χ1) is 9.03. The molecule has 1 heterocycles. The summed E-state index contributed by atoms with van der Waals surface area (Å²) in [4.78, 5) is 2.74. The predicted molar refractivity (Wildman–Crippen MR) is 81.3 cm³/mol. The van der Waals surface area contributed by atoms with Gasteiger partial charge in [0.05, 0.1) is 0 Å². The van der Waals surface area contributed by atoms with Gasteiger partial charge < -0.3 is 10.2 Å². The summed E-state index contributed by atoms with van der Waals surface area (Å²) in [5, 5.41) is 3.90. The Bertz CT molecular complexity index is 308. The molecule has 0 aromatic carbocycles. The summed E-state index contributed by atoms with van der Waals surface area (Å²) in [6.45, 7) is 11.3. The molecule has 0 amide bonds. The van der Waals surface area contributed by atoms with Gasteiger partial charge in [-0.2, -0.15) is 0 Å². The number of likely N-dealkylation sites (tertiary alicyclic amines) is 1. The van der Waals surface area contributed by atoms with Crippen molar-refractivity contribution < 1.29 is 0 Å². The number of nitrogens with zero attached hydrogens (tertiary/aromatic N) is 1. The largest absolute Gasteiger partial charge is 0.313 e. The number of hydrogen-bond donors (Lipinski definition) is 1. The standard InChI is InChI=1S/C17H32N2/c1-13-10-17(2,3)8-6-16(13)18-11-14-7-9-19(12-14)15-4-5-15/h13-16,18H,4-12H2,1-3H3. The number of rotatable bonds is 4. The first-order valence-corrected chi connectivity index (χ1v) is 8.51. The maximum Gasteiger partial charge on any atom is 0.00965 e. The highest BCUT2D eigenvalue weighted by Crippen LogP contribution is 2.38. The van der Waals surface area contributed by atoms with Crippen molar-refractivity contribution in [2.45, 2.75) is 71.4 Å². The molecule has 0 bridgehead atoms. The van der Waals surface area contributed by atoms with Crippen molar-refractivity contribution in [3.63, 3.8) is 0 Å². The fraction of sp³-hybridized carbons (Fsp3) is 1.00. The van der Waals surface area contributed by atoms with Crippen LogP contribution >= 0.6 is 0 Å². The molecule has 3 atom stereocenters. The van der Waals surface area contributed by atoms with E-state index in [-0.39, 0.29) is 0 Å². The fourth-order valence-electron chi connectivity index (χ4n) is 4.37. The summed E-state index contributed by atoms with van der Waals surface area (Å²) in [6.07, 6.45) is 8.53. The molecule has 3 unspecified atom stereocenters. The van der Waals surface area contributed by atoms with Crippen molar-refractivity contribution >= 4 is 0 Å². The molecular weight excluding hydrogens is 232 g/mol. The highest BCUT2D eigenvalue weighted by molar-refractivity contribution is 4.91. The van der Waals surface area contributed by atoms with Crippen molar-refractivity contribution in [1.82, 2.24) is 10.2 Å². The van der Waals surface area contributed by atoms with Crippen LogP contribution in [0.5, 0.6) is 0 Å². The Labute approximate surface area is 119 Å². The third kappa shape index (κ3) is 3.52. The van der Waals surface area contributed by atoms with E-state index in [1.165, 1.54) is 58.2 Å². The van der Waals surface area contributed by atoms with E-state index in [2.05, 4.69) is 31.0 Å². The molecule has 3 fully saturated rings. The molecule has 1 aliphatic heterocycles. The van der Waals surface area contributed by atoms with E-state index in [1.807, 2.05) is 0 Å². The van der Waals surface area contributed by atoms with Gasteiger partial charge in [0.2, 0.25) is 0 Å². The van der Waals surface area contributed by atoms with E-state index in [0.29, 0.717) is 5.41 Å². The number of hydrogen-bond acceptors (Lipinski definition) is 2. The molecule has 3 rings (SSSR count). The summed E-state index contributed by atoms with van der Waals surface area (Å²) in [5.41, 5.74) is 0.577. The van der Waals surface area contributed by atoms with Crippen LogP contribution in [0.25, 0.3) is 0 Å². The predicted octanol–water partition coefficient (Wildman–Crippen LogP) is 3.28. The maximum atomic E-state index is 3.90. The third-order valence-corrected chi connectivity index (χ3v) is 5.74. The van der Waals surface area contributed by atoms with Crippen LogP contribution in [0.4, 0.5) is 0 Å². The van der Waals surface area contributed by atoms with E-state index in [9.17, 15) is 0 Å². The zero-order valence-electron chi connectivity index (χ0n) is 13.1. The minimum Gasteiger partial charge on any atom is -0.313 e. The Hall–Kier alpha value is -0.0800. The quantitative estimate of drug-likeness (QED) is 0.838. The van der Waals surface area contributed by atoms with Crippen molar-refractivity contribution in [3.05, 3.63) is 0 Å². The molecule has 110 valence electrons. The SMILES string of the molecule is CC1CC(C)(C)CCC1NCC1CCN(C2CC2)C1. The molecule has 0 aromatic rings. The molecule has 2 aliphatic carbocycles. The second-order valence-corrected chi connectivity index (χ2v) is 8.28. The zero-order chi connectivity index (χ0) is 13.5. The van der Waals surface area contributed by atoms with Crippen LogP contribution in [-0.2, 0) is 0 Å². The molecule has 0 aromatic heterocycles. The Kier molecular flexibility index (Phi) is 3.92. The van der Waals surface area contributed by atoms with E-state index in [0.717, 1.165) is 23.9 Å². The van der Waals surface area contributed by atoms with Gasteiger partial charge >= 0.3 is 0 Å². The van der Waals surface area contributed by atoms with Crippen LogP contribution in [0.2, 0.25) is 0 Å². The zero-order valence-corrected chi connectivity index (χ0v) is 13.1. The fourth-order valence-corrected chi connectivity index (χ4v) is 4.37. The normalized spacial score (nSPS) is 39.6. The van der Waals surface area contributed by atoms with E-state index >= 15 is 0 Å². The van der Waals surface area contributed by atoms with Crippen LogP contribution in [0.3, 0.4) is 0 Å². The van der Waals surface area contributed by atoms with E-state index in [1.54, 1.807) is 0 Å². The Morgan fingerprint density at radius 2 is 1.95 bits per heavy atom.